The molecule has 2 aliphatic heterocycles. The van der Waals surface area contributed by atoms with Gasteiger partial charge in [0.05, 0.1) is 24.8 Å². The quantitative estimate of drug-likeness (QED) is 0.780. The van der Waals surface area contributed by atoms with E-state index in [1.54, 1.807) is 13.3 Å². The molecule has 29 heavy (non-hydrogen) atoms. The van der Waals surface area contributed by atoms with Crippen molar-refractivity contribution in [1.29, 1.82) is 0 Å². The van der Waals surface area contributed by atoms with E-state index in [1.165, 1.54) is 0 Å². The van der Waals surface area contributed by atoms with Crippen LogP contribution in [0.3, 0.4) is 0 Å². The zero-order valence-electron chi connectivity index (χ0n) is 17.0. The molecule has 0 unspecified atom stereocenters. The van der Waals surface area contributed by atoms with Crippen LogP contribution in [-0.2, 0) is 22.5 Å². The third-order valence-electron chi connectivity index (χ3n) is 6.03. The number of carbonyl (C=O) groups is 1. The molecule has 4 rings (SSSR count). The number of nitrogens with one attached hydrogen (secondary N) is 1. The Hall–Kier alpha value is -2.44. The number of nitrogens with zero attached hydrogens (tertiary/aromatic N) is 2. The lowest BCUT2D eigenvalue weighted by Gasteiger charge is -2.53. The summed E-state index contributed by atoms with van der Waals surface area (Å²) in [5.74, 6) is 0.932. The minimum Gasteiger partial charge on any atom is -0.497 e. The first-order valence-corrected chi connectivity index (χ1v) is 10.3. The van der Waals surface area contributed by atoms with Crippen LogP contribution in [0.5, 0.6) is 5.75 Å². The summed E-state index contributed by atoms with van der Waals surface area (Å²) < 4.78 is 10.9. The highest BCUT2D eigenvalue weighted by Gasteiger charge is 2.50. The molecule has 0 atom stereocenters. The van der Waals surface area contributed by atoms with Gasteiger partial charge in [0.1, 0.15) is 5.75 Å². The Bertz CT molecular complexity index is 815. The van der Waals surface area contributed by atoms with Gasteiger partial charge in [0.25, 0.3) is 0 Å². The van der Waals surface area contributed by atoms with E-state index < -0.39 is 5.41 Å². The molecule has 0 aliphatic carbocycles. The molecule has 6 nitrogen and oxygen atoms in total. The van der Waals surface area contributed by atoms with Crippen LogP contribution in [0.1, 0.15) is 24.1 Å². The number of pyridine rings is 1. The van der Waals surface area contributed by atoms with Gasteiger partial charge in [-0.3, -0.25) is 14.7 Å². The smallest absolute Gasteiger partial charge is 0.229 e. The van der Waals surface area contributed by atoms with Crippen LogP contribution >= 0.6 is 0 Å². The first-order valence-electron chi connectivity index (χ1n) is 10.3. The number of methoxy groups -OCH3 is 1. The van der Waals surface area contributed by atoms with Gasteiger partial charge in [0, 0.05) is 38.5 Å². The Morgan fingerprint density at radius 3 is 2.79 bits per heavy atom. The van der Waals surface area contributed by atoms with Crippen molar-refractivity contribution in [1.82, 2.24) is 15.2 Å². The maximum atomic E-state index is 13.3. The summed E-state index contributed by atoms with van der Waals surface area (Å²) in [6.07, 6.45) is 4.55. The number of hydrogen-bond donors (Lipinski definition) is 1. The first kappa shape index (κ1) is 19.9. The van der Waals surface area contributed by atoms with Crippen LogP contribution in [0, 0.1) is 5.41 Å². The molecular weight excluding hydrogens is 366 g/mol. The highest BCUT2D eigenvalue weighted by Crippen LogP contribution is 2.38. The minimum absolute atomic E-state index is 0.106. The third-order valence-corrected chi connectivity index (χ3v) is 6.03. The van der Waals surface area contributed by atoms with Crippen molar-refractivity contribution < 1.29 is 14.3 Å². The highest BCUT2D eigenvalue weighted by molar-refractivity contribution is 5.84. The number of rotatable bonds is 7. The summed E-state index contributed by atoms with van der Waals surface area (Å²) in [7, 11) is 1.67. The van der Waals surface area contributed by atoms with Gasteiger partial charge in [-0.15, -0.1) is 0 Å². The van der Waals surface area contributed by atoms with Crippen LogP contribution < -0.4 is 10.1 Å². The van der Waals surface area contributed by atoms with Gasteiger partial charge in [-0.05, 0) is 49.1 Å². The average molecular weight is 396 g/mol. The molecule has 2 aromatic rings. The maximum absolute atomic E-state index is 13.3. The van der Waals surface area contributed by atoms with E-state index >= 15 is 0 Å². The second kappa shape index (κ2) is 8.93. The molecule has 1 N–H and O–H groups in total. The molecule has 0 spiro atoms. The molecule has 0 bridgehead atoms. The zero-order valence-corrected chi connectivity index (χ0v) is 17.0. The van der Waals surface area contributed by atoms with E-state index in [0.29, 0.717) is 19.0 Å². The largest absolute Gasteiger partial charge is 0.497 e. The fourth-order valence-electron chi connectivity index (χ4n) is 4.41. The maximum Gasteiger partial charge on any atom is 0.229 e. The number of aromatic nitrogens is 1. The van der Waals surface area contributed by atoms with Gasteiger partial charge >= 0.3 is 0 Å². The van der Waals surface area contributed by atoms with Crippen molar-refractivity contribution in [3.05, 3.63) is 59.9 Å². The molecule has 2 fully saturated rings. The average Bonchev–Trinajstić information content (AvgIpc) is 2.75. The Morgan fingerprint density at radius 2 is 2.07 bits per heavy atom. The summed E-state index contributed by atoms with van der Waals surface area (Å²) in [5, 5.41) is 3.13. The number of amides is 1. The Labute approximate surface area is 172 Å². The van der Waals surface area contributed by atoms with E-state index in [-0.39, 0.29) is 5.91 Å². The molecule has 1 amide bonds. The Balaban J connectivity index is 1.47. The number of likely N-dealkylation sites (tertiary alicyclic amines) is 1. The van der Waals surface area contributed by atoms with E-state index in [9.17, 15) is 4.79 Å². The monoisotopic (exact) mass is 395 g/mol. The minimum atomic E-state index is -0.417. The summed E-state index contributed by atoms with van der Waals surface area (Å²) >= 11 is 0. The van der Waals surface area contributed by atoms with Crippen molar-refractivity contribution in [2.24, 2.45) is 5.41 Å². The molecule has 1 aromatic heterocycles. The summed E-state index contributed by atoms with van der Waals surface area (Å²) in [5.41, 5.74) is 1.58. The zero-order chi connectivity index (χ0) is 20.1. The molecule has 2 saturated heterocycles. The number of ether oxygens (including phenoxy) is 2. The van der Waals surface area contributed by atoms with Crippen molar-refractivity contribution in [3.8, 4) is 5.75 Å². The SMILES string of the molecule is COc1cccc(CC2(C(=O)NCc3ccccn3)CN(C3CCOCC3)C2)c1. The fraction of sp³-hybridized carbons (Fsp3) is 0.478. The Kier molecular flexibility index (Phi) is 6.11. The van der Waals surface area contributed by atoms with Crippen molar-refractivity contribution >= 4 is 5.91 Å². The molecule has 154 valence electrons. The normalized spacial score (nSPS) is 19.3. The molecule has 1 aromatic carbocycles. The van der Waals surface area contributed by atoms with E-state index in [0.717, 1.165) is 56.2 Å². The predicted octanol–water partition coefficient (Wildman–Crippen LogP) is 2.43. The van der Waals surface area contributed by atoms with Gasteiger partial charge in [-0.1, -0.05) is 18.2 Å². The molecule has 0 saturated carbocycles. The van der Waals surface area contributed by atoms with E-state index in [4.69, 9.17) is 9.47 Å². The Morgan fingerprint density at radius 1 is 1.24 bits per heavy atom. The van der Waals surface area contributed by atoms with Crippen LogP contribution in [-0.4, -0.2) is 55.2 Å². The van der Waals surface area contributed by atoms with Crippen LogP contribution in [0.15, 0.2) is 48.7 Å². The lowest BCUT2D eigenvalue weighted by molar-refractivity contribution is -0.146. The van der Waals surface area contributed by atoms with Gasteiger partial charge in [-0.2, -0.15) is 0 Å². The van der Waals surface area contributed by atoms with Crippen LogP contribution in [0.4, 0.5) is 0 Å². The lowest BCUT2D eigenvalue weighted by atomic mass is 9.72. The van der Waals surface area contributed by atoms with Gasteiger partial charge in [0.2, 0.25) is 5.91 Å². The third kappa shape index (κ3) is 4.60. The van der Waals surface area contributed by atoms with E-state index in [1.807, 2.05) is 36.4 Å². The molecule has 6 heteroatoms. The summed E-state index contributed by atoms with van der Waals surface area (Å²) in [6.45, 7) is 3.65. The van der Waals surface area contributed by atoms with Gasteiger partial charge in [-0.25, -0.2) is 0 Å². The van der Waals surface area contributed by atoms with Gasteiger partial charge in [0.15, 0.2) is 0 Å². The summed E-state index contributed by atoms with van der Waals surface area (Å²) in [4.78, 5) is 20.0. The fourth-order valence-corrected chi connectivity index (χ4v) is 4.41. The molecule has 3 heterocycles. The standard InChI is InChI=1S/C23H29N3O3/c1-28-21-7-4-5-18(13-21)14-23(16-26(17-23)20-8-11-29-12-9-20)22(27)25-15-19-6-2-3-10-24-19/h2-7,10,13,20H,8-9,11-12,14-17H2,1H3,(H,25,27). The van der Waals surface area contributed by atoms with E-state index in [2.05, 4.69) is 21.3 Å². The van der Waals surface area contributed by atoms with Crippen LogP contribution in [0.25, 0.3) is 0 Å². The summed E-state index contributed by atoms with van der Waals surface area (Å²) in [6, 6.07) is 14.3. The molecule has 0 radical (unpaired) electrons. The predicted molar refractivity (Wildman–Crippen MR) is 111 cm³/mol. The second-order valence-electron chi connectivity index (χ2n) is 8.06. The number of hydrogen-bond acceptors (Lipinski definition) is 5. The lowest BCUT2D eigenvalue weighted by Crippen LogP contribution is -2.66. The van der Waals surface area contributed by atoms with Gasteiger partial charge < -0.3 is 14.8 Å². The van der Waals surface area contributed by atoms with Crippen molar-refractivity contribution in [3.63, 3.8) is 0 Å². The number of carbonyl (C=O) groups excluding carboxylic acids is 1. The second-order valence-corrected chi connectivity index (χ2v) is 8.06. The molecular formula is C23H29N3O3. The van der Waals surface area contributed by atoms with Crippen molar-refractivity contribution in [2.45, 2.75) is 31.8 Å². The number of benzene rings is 1. The topological polar surface area (TPSA) is 63.7 Å². The molecule has 2 aliphatic rings. The highest BCUT2D eigenvalue weighted by atomic mass is 16.5. The van der Waals surface area contributed by atoms with Crippen molar-refractivity contribution in [2.75, 3.05) is 33.4 Å². The first-order chi connectivity index (χ1) is 14.2. The van der Waals surface area contributed by atoms with Crippen LogP contribution in [0.2, 0.25) is 0 Å².